The fourth-order valence-corrected chi connectivity index (χ4v) is 4.30. The van der Waals surface area contributed by atoms with Gasteiger partial charge in [-0.05, 0) is 31.4 Å². The lowest BCUT2D eigenvalue weighted by atomic mass is 10.1. The van der Waals surface area contributed by atoms with Gasteiger partial charge in [-0.1, -0.05) is 12.6 Å². The van der Waals surface area contributed by atoms with Gasteiger partial charge in [-0.25, -0.2) is 9.79 Å². The van der Waals surface area contributed by atoms with Gasteiger partial charge < -0.3 is 18.9 Å². The fraction of sp³-hybridized carbons (Fsp3) is 0.333. The van der Waals surface area contributed by atoms with E-state index in [0.29, 0.717) is 34.7 Å². The number of esters is 1. The molecule has 1 saturated carbocycles. The third kappa shape index (κ3) is 5.82. The average Bonchev–Trinajstić information content (AvgIpc) is 3.63. The number of carbonyl (C=O) groups excluding carboxylic acids is 1. The Morgan fingerprint density at radius 2 is 1.81 bits per heavy atom. The summed E-state index contributed by atoms with van der Waals surface area (Å²) in [7, 11) is 4.86. The van der Waals surface area contributed by atoms with E-state index >= 15 is 0 Å². The largest absolute Gasteiger partial charge is 0.497 e. The van der Waals surface area contributed by atoms with Crippen molar-refractivity contribution in [3.8, 4) is 23.0 Å². The molecule has 2 aromatic carbocycles. The van der Waals surface area contributed by atoms with Crippen LogP contribution in [0, 0.1) is 12.8 Å². The second-order valence-electron chi connectivity index (χ2n) is 7.10. The van der Waals surface area contributed by atoms with E-state index < -0.39 is 5.97 Å². The normalized spacial score (nSPS) is 13.5. The standard InChI is InChI=1S/C24H27NO5S/c1-6-22(26)30-21-10-7-15(2)23(29-5)20(21)14-31-24(16-8-9-16)25-17-11-18(27-3)13-19(12-17)28-4/h6-7,10-13,16H,1,8-9,14H2,2-5H3. The molecule has 0 N–H and O–H groups in total. The van der Waals surface area contributed by atoms with E-state index in [1.165, 1.54) is 0 Å². The highest BCUT2D eigenvalue weighted by Crippen LogP contribution is 2.41. The van der Waals surface area contributed by atoms with Crippen molar-refractivity contribution in [1.29, 1.82) is 0 Å². The van der Waals surface area contributed by atoms with E-state index in [-0.39, 0.29) is 0 Å². The molecule has 1 aliphatic carbocycles. The maximum atomic E-state index is 11.8. The minimum atomic E-state index is -0.503. The number of aliphatic imine (C=N–C) groups is 1. The summed E-state index contributed by atoms with van der Waals surface area (Å²) < 4.78 is 21.8. The van der Waals surface area contributed by atoms with Crippen molar-refractivity contribution in [2.75, 3.05) is 21.3 Å². The molecule has 0 radical (unpaired) electrons. The van der Waals surface area contributed by atoms with Crippen LogP contribution in [0.15, 0.2) is 48.0 Å². The van der Waals surface area contributed by atoms with Gasteiger partial charge >= 0.3 is 5.97 Å². The molecule has 0 unspecified atom stereocenters. The molecule has 1 aliphatic rings. The molecule has 31 heavy (non-hydrogen) atoms. The van der Waals surface area contributed by atoms with Crippen LogP contribution in [-0.2, 0) is 10.5 Å². The van der Waals surface area contributed by atoms with Crippen LogP contribution >= 0.6 is 11.8 Å². The Morgan fingerprint density at radius 3 is 2.35 bits per heavy atom. The van der Waals surface area contributed by atoms with Crippen LogP contribution in [0.2, 0.25) is 0 Å². The molecule has 164 valence electrons. The third-order valence-corrected chi connectivity index (χ3v) is 6.02. The highest BCUT2D eigenvalue weighted by Gasteiger charge is 2.29. The average molecular weight is 442 g/mol. The topological polar surface area (TPSA) is 66.4 Å². The Hall–Kier alpha value is -2.93. The van der Waals surface area contributed by atoms with Gasteiger partial charge in [0.15, 0.2) is 0 Å². The summed E-state index contributed by atoms with van der Waals surface area (Å²) in [4.78, 5) is 16.7. The minimum absolute atomic E-state index is 0.428. The molecule has 0 heterocycles. The summed E-state index contributed by atoms with van der Waals surface area (Å²) in [6, 6.07) is 9.25. The van der Waals surface area contributed by atoms with Gasteiger partial charge in [-0.3, -0.25) is 0 Å². The molecular formula is C24H27NO5S. The first-order valence-electron chi connectivity index (χ1n) is 9.94. The molecule has 6 nitrogen and oxygen atoms in total. The summed E-state index contributed by atoms with van der Waals surface area (Å²) in [5.41, 5.74) is 2.57. The van der Waals surface area contributed by atoms with Crippen molar-refractivity contribution in [1.82, 2.24) is 0 Å². The number of carbonyl (C=O) groups is 1. The SMILES string of the molecule is C=CC(=O)Oc1ccc(C)c(OC)c1CSC(=Nc1cc(OC)cc(OC)c1)C1CC1. The smallest absolute Gasteiger partial charge is 0.335 e. The van der Waals surface area contributed by atoms with E-state index in [1.807, 2.05) is 31.2 Å². The van der Waals surface area contributed by atoms with Gasteiger partial charge in [0, 0.05) is 41.5 Å². The van der Waals surface area contributed by atoms with Crippen LogP contribution < -0.4 is 18.9 Å². The van der Waals surface area contributed by atoms with E-state index in [1.54, 1.807) is 39.2 Å². The Labute approximate surface area is 187 Å². The molecule has 1 fully saturated rings. The zero-order valence-corrected chi connectivity index (χ0v) is 19.1. The van der Waals surface area contributed by atoms with E-state index in [2.05, 4.69) is 6.58 Å². The van der Waals surface area contributed by atoms with Crippen molar-refractivity contribution in [3.63, 3.8) is 0 Å². The summed E-state index contributed by atoms with van der Waals surface area (Å²) >= 11 is 1.63. The molecule has 2 aromatic rings. The molecule has 0 atom stereocenters. The van der Waals surface area contributed by atoms with Crippen LogP contribution in [0.5, 0.6) is 23.0 Å². The molecular weight excluding hydrogens is 414 g/mol. The summed E-state index contributed by atoms with van der Waals surface area (Å²) in [5.74, 6) is 3.04. The first-order chi connectivity index (χ1) is 15.0. The van der Waals surface area contributed by atoms with Crippen molar-refractivity contribution >= 4 is 28.5 Å². The quantitative estimate of drug-likeness (QED) is 0.169. The van der Waals surface area contributed by atoms with Gasteiger partial charge in [-0.2, -0.15) is 0 Å². The molecule has 0 aliphatic heterocycles. The number of benzene rings is 2. The highest BCUT2D eigenvalue weighted by molar-refractivity contribution is 8.13. The van der Waals surface area contributed by atoms with E-state index in [0.717, 1.165) is 40.8 Å². The first kappa shape index (κ1) is 22.7. The second-order valence-corrected chi connectivity index (χ2v) is 8.10. The van der Waals surface area contributed by atoms with Crippen molar-refractivity contribution in [2.45, 2.75) is 25.5 Å². The Balaban J connectivity index is 1.90. The summed E-state index contributed by atoms with van der Waals surface area (Å²) in [6.45, 7) is 5.44. The predicted octanol–water partition coefficient (Wildman–Crippen LogP) is 5.49. The van der Waals surface area contributed by atoms with Gasteiger partial charge in [0.25, 0.3) is 0 Å². The zero-order valence-electron chi connectivity index (χ0n) is 18.3. The Morgan fingerprint density at radius 1 is 1.13 bits per heavy atom. The zero-order chi connectivity index (χ0) is 22.4. The summed E-state index contributed by atoms with van der Waals surface area (Å²) in [5, 5.41) is 1.03. The van der Waals surface area contributed by atoms with Gasteiger partial charge in [0.1, 0.15) is 23.0 Å². The van der Waals surface area contributed by atoms with Crippen LogP contribution in [0.3, 0.4) is 0 Å². The Bertz CT molecular complexity index is 975. The number of ether oxygens (including phenoxy) is 4. The maximum absolute atomic E-state index is 11.8. The van der Waals surface area contributed by atoms with Gasteiger partial charge in [0.2, 0.25) is 0 Å². The number of methoxy groups -OCH3 is 3. The molecule has 3 rings (SSSR count). The number of hydrogen-bond acceptors (Lipinski definition) is 7. The molecule has 0 spiro atoms. The monoisotopic (exact) mass is 441 g/mol. The Kier molecular flexibility index (Phi) is 7.63. The van der Waals surface area contributed by atoms with Crippen LogP contribution in [0.4, 0.5) is 5.69 Å². The van der Waals surface area contributed by atoms with E-state index in [9.17, 15) is 4.79 Å². The van der Waals surface area contributed by atoms with Crippen LogP contribution in [0.1, 0.15) is 24.0 Å². The highest BCUT2D eigenvalue weighted by atomic mass is 32.2. The molecule has 0 aromatic heterocycles. The number of aryl methyl sites for hydroxylation is 1. The summed E-state index contributed by atoms with van der Waals surface area (Å²) in [6.07, 6.45) is 3.36. The fourth-order valence-electron chi connectivity index (χ4n) is 3.10. The lowest BCUT2D eigenvalue weighted by Gasteiger charge is -2.16. The number of rotatable bonds is 9. The van der Waals surface area contributed by atoms with Crippen molar-refractivity contribution < 1.29 is 23.7 Å². The predicted molar refractivity (Wildman–Crippen MR) is 124 cm³/mol. The molecule has 0 saturated heterocycles. The van der Waals surface area contributed by atoms with Gasteiger partial charge in [0.05, 0.1) is 32.1 Å². The van der Waals surface area contributed by atoms with E-state index in [4.69, 9.17) is 23.9 Å². The number of hydrogen-bond donors (Lipinski definition) is 0. The molecule has 0 amide bonds. The molecule has 0 bridgehead atoms. The molecule has 7 heteroatoms. The minimum Gasteiger partial charge on any atom is -0.497 e. The van der Waals surface area contributed by atoms with Crippen LogP contribution in [0.25, 0.3) is 0 Å². The van der Waals surface area contributed by atoms with Crippen molar-refractivity contribution in [3.05, 3.63) is 54.1 Å². The maximum Gasteiger partial charge on any atom is 0.335 e. The number of thioether (sulfide) groups is 1. The lowest BCUT2D eigenvalue weighted by Crippen LogP contribution is -2.07. The first-order valence-corrected chi connectivity index (χ1v) is 10.9. The number of nitrogens with zero attached hydrogens (tertiary/aromatic N) is 1. The van der Waals surface area contributed by atoms with Crippen molar-refractivity contribution in [2.24, 2.45) is 10.9 Å². The van der Waals surface area contributed by atoms with Gasteiger partial charge in [-0.15, -0.1) is 11.8 Å². The van der Waals surface area contributed by atoms with Crippen LogP contribution in [-0.4, -0.2) is 32.3 Å². The lowest BCUT2D eigenvalue weighted by molar-refractivity contribution is -0.129. The second kappa shape index (κ2) is 10.4. The third-order valence-electron chi connectivity index (χ3n) is 4.86.